The van der Waals surface area contributed by atoms with Gasteiger partial charge in [0.2, 0.25) is 5.89 Å². The summed E-state index contributed by atoms with van der Waals surface area (Å²) in [5, 5.41) is 15.3. The molecule has 2 aromatic rings. The number of rotatable bonds is 5. The predicted octanol–water partition coefficient (Wildman–Crippen LogP) is 1.73. The molecule has 1 atom stereocenters. The van der Waals surface area contributed by atoms with Crippen LogP contribution in [0, 0.1) is 0 Å². The van der Waals surface area contributed by atoms with Crippen LogP contribution in [0.1, 0.15) is 50.4 Å². The third kappa shape index (κ3) is 2.07. The Bertz CT molecular complexity index is 529. The lowest BCUT2D eigenvalue weighted by molar-refractivity contribution is 0.498. The summed E-state index contributed by atoms with van der Waals surface area (Å²) in [5.41, 5.74) is 0. The molecule has 1 N–H and O–H groups in total. The van der Waals surface area contributed by atoms with E-state index < -0.39 is 0 Å². The first-order chi connectivity index (χ1) is 8.78. The lowest BCUT2D eigenvalue weighted by atomic mass is 10.3. The predicted molar refractivity (Wildman–Crippen MR) is 64.0 cm³/mol. The molecule has 0 spiro atoms. The Morgan fingerprint density at radius 3 is 3.06 bits per heavy atom. The lowest BCUT2D eigenvalue weighted by Crippen LogP contribution is -2.14. The molecule has 2 aromatic heterocycles. The molecule has 0 aromatic carbocycles. The van der Waals surface area contributed by atoms with Gasteiger partial charge in [0.1, 0.15) is 12.2 Å². The zero-order valence-electron chi connectivity index (χ0n) is 10.5. The van der Waals surface area contributed by atoms with Crippen molar-refractivity contribution in [2.45, 2.75) is 45.2 Å². The smallest absolute Gasteiger partial charge is 0.316 e. The Kier molecular flexibility index (Phi) is 2.73. The molecule has 0 aliphatic heterocycles. The highest BCUT2D eigenvalue weighted by Crippen LogP contribution is 2.39. The van der Waals surface area contributed by atoms with Crippen molar-refractivity contribution < 1.29 is 4.42 Å². The van der Waals surface area contributed by atoms with Crippen LogP contribution in [-0.2, 0) is 6.54 Å². The molecule has 3 rings (SSSR count). The van der Waals surface area contributed by atoms with E-state index in [0.29, 0.717) is 11.9 Å². The second-order valence-electron chi connectivity index (χ2n) is 4.52. The molecule has 1 aliphatic carbocycles. The number of nitrogens with zero attached hydrogens (tertiary/aromatic N) is 5. The van der Waals surface area contributed by atoms with E-state index in [-0.39, 0.29) is 6.04 Å². The minimum Gasteiger partial charge on any atom is -0.408 e. The van der Waals surface area contributed by atoms with E-state index in [9.17, 15) is 0 Å². The Labute approximate surface area is 105 Å². The van der Waals surface area contributed by atoms with E-state index >= 15 is 0 Å². The molecule has 0 saturated heterocycles. The Balaban J connectivity index is 1.70. The average molecular weight is 248 g/mol. The van der Waals surface area contributed by atoms with Crippen molar-refractivity contribution in [2.24, 2.45) is 0 Å². The minimum absolute atomic E-state index is 0.0139. The number of nitrogens with one attached hydrogen (secondary N) is 1. The molecule has 0 radical (unpaired) electrons. The topological polar surface area (TPSA) is 81.7 Å². The van der Waals surface area contributed by atoms with Crippen molar-refractivity contribution in [2.75, 3.05) is 5.32 Å². The summed E-state index contributed by atoms with van der Waals surface area (Å²) in [6.07, 6.45) is 3.86. The first-order valence-electron chi connectivity index (χ1n) is 6.25. The molecule has 0 unspecified atom stereocenters. The largest absolute Gasteiger partial charge is 0.408 e. The fourth-order valence-corrected chi connectivity index (χ4v) is 1.89. The standard InChI is InChI=1S/C11H16N6O/c1-3-17-9(12-6-13-17)7(2)14-11-16-15-10(18-11)8-4-5-8/h6-8H,3-5H2,1-2H3,(H,14,16)/t7-/m0/s1. The quantitative estimate of drug-likeness (QED) is 0.867. The monoisotopic (exact) mass is 248 g/mol. The molecule has 1 fully saturated rings. The summed E-state index contributed by atoms with van der Waals surface area (Å²) in [6.45, 7) is 4.82. The van der Waals surface area contributed by atoms with Crippen LogP contribution in [0.4, 0.5) is 6.01 Å². The van der Waals surface area contributed by atoms with Crippen LogP contribution in [0.5, 0.6) is 0 Å². The average Bonchev–Trinajstić information content (AvgIpc) is 2.93. The summed E-state index contributed by atoms with van der Waals surface area (Å²) in [5.74, 6) is 2.08. The summed E-state index contributed by atoms with van der Waals surface area (Å²) in [4.78, 5) is 4.24. The molecule has 2 heterocycles. The van der Waals surface area contributed by atoms with Crippen molar-refractivity contribution in [3.63, 3.8) is 0 Å². The lowest BCUT2D eigenvalue weighted by Gasteiger charge is -2.11. The molecule has 1 aliphatic rings. The zero-order valence-corrected chi connectivity index (χ0v) is 10.5. The van der Waals surface area contributed by atoms with Crippen molar-refractivity contribution in [3.05, 3.63) is 18.0 Å². The molecule has 0 amide bonds. The Hall–Kier alpha value is -1.92. The number of anilines is 1. The molecule has 96 valence electrons. The second-order valence-corrected chi connectivity index (χ2v) is 4.52. The normalized spacial score (nSPS) is 16.8. The maximum Gasteiger partial charge on any atom is 0.316 e. The molecule has 7 heteroatoms. The van der Waals surface area contributed by atoms with Crippen molar-refractivity contribution in [1.29, 1.82) is 0 Å². The number of hydrogen-bond acceptors (Lipinski definition) is 6. The van der Waals surface area contributed by atoms with Crippen LogP contribution in [0.2, 0.25) is 0 Å². The van der Waals surface area contributed by atoms with Gasteiger partial charge in [0, 0.05) is 12.5 Å². The van der Waals surface area contributed by atoms with E-state index in [1.165, 1.54) is 0 Å². The number of hydrogen-bond donors (Lipinski definition) is 1. The molecule has 7 nitrogen and oxygen atoms in total. The van der Waals surface area contributed by atoms with Crippen LogP contribution >= 0.6 is 0 Å². The van der Waals surface area contributed by atoms with Gasteiger partial charge in [0.25, 0.3) is 0 Å². The fourth-order valence-electron chi connectivity index (χ4n) is 1.89. The second kappa shape index (κ2) is 4.40. The summed E-state index contributed by atoms with van der Waals surface area (Å²) >= 11 is 0. The Morgan fingerprint density at radius 2 is 2.33 bits per heavy atom. The van der Waals surface area contributed by atoms with Crippen LogP contribution in [0.15, 0.2) is 10.7 Å². The van der Waals surface area contributed by atoms with Gasteiger partial charge < -0.3 is 9.73 Å². The highest BCUT2D eigenvalue weighted by Gasteiger charge is 2.29. The van der Waals surface area contributed by atoms with E-state index in [0.717, 1.165) is 31.1 Å². The van der Waals surface area contributed by atoms with Gasteiger partial charge in [-0.2, -0.15) is 5.10 Å². The van der Waals surface area contributed by atoms with Gasteiger partial charge in [0.05, 0.1) is 6.04 Å². The van der Waals surface area contributed by atoms with Gasteiger partial charge in [-0.15, -0.1) is 5.10 Å². The summed E-state index contributed by atoms with van der Waals surface area (Å²) in [7, 11) is 0. The van der Waals surface area contributed by atoms with E-state index in [2.05, 4.69) is 25.6 Å². The van der Waals surface area contributed by atoms with Crippen LogP contribution in [0.3, 0.4) is 0 Å². The van der Waals surface area contributed by atoms with Gasteiger partial charge in [-0.05, 0) is 26.7 Å². The van der Waals surface area contributed by atoms with Crippen LogP contribution < -0.4 is 5.32 Å². The number of aryl methyl sites for hydroxylation is 1. The van der Waals surface area contributed by atoms with Crippen molar-refractivity contribution in [3.8, 4) is 0 Å². The van der Waals surface area contributed by atoms with Crippen molar-refractivity contribution >= 4 is 6.01 Å². The molecular weight excluding hydrogens is 232 g/mol. The number of aromatic nitrogens is 5. The van der Waals surface area contributed by atoms with Gasteiger partial charge in [-0.1, -0.05) is 5.10 Å². The van der Waals surface area contributed by atoms with Gasteiger partial charge >= 0.3 is 6.01 Å². The zero-order chi connectivity index (χ0) is 12.5. The summed E-state index contributed by atoms with van der Waals surface area (Å²) in [6, 6.07) is 0.440. The fraction of sp³-hybridized carbons (Fsp3) is 0.636. The van der Waals surface area contributed by atoms with Crippen LogP contribution in [0.25, 0.3) is 0 Å². The SMILES string of the molecule is CCn1ncnc1[C@H](C)Nc1nnc(C2CC2)o1. The van der Waals surface area contributed by atoms with E-state index in [1.807, 2.05) is 18.5 Å². The molecule has 18 heavy (non-hydrogen) atoms. The first-order valence-corrected chi connectivity index (χ1v) is 6.25. The highest BCUT2D eigenvalue weighted by atomic mass is 16.4. The minimum atomic E-state index is -0.0139. The molecule has 0 bridgehead atoms. The highest BCUT2D eigenvalue weighted by molar-refractivity contribution is 5.22. The van der Waals surface area contributed by atoms with Gasteiger partial charge in [-0.3, -0.25) is 0 Å². The first kappa shape index (κ1) is 11.2. The third-order valence-electron chi connectivity index (χ3n) is 3.04. The third-order valence-corrected chi connectivity index (χ3v) is 3.04. The van der Waals surface area contributed by atoms with E-state index in [1.54, 1.807) is 6.33 Å². The maximum atomic E-state index is 5.56. The molecule has 1 saturated carbocycles. The summed E-state index contributed by atoms with van der Waals surface area (Å²) < 4.78 is 7.40. The maximum absolute atomic E-state index is 5.56. The van der Waals surface area contributed by atoms with Crippen molar-refractivity contribution in [1.82, 2.24) is 25.0 Å². The van der Waals surface area contributed by atoms with Gasteiger partial charge in [0.15, 0.2) is 0 Å². The van der Waals surface area contributed by atoms with Gasteiger partial charge in [-0.25, -0.2) is 9.67 Å². The van der Waals surface area contributed by atoms with E-state index in [4.69, 9.17) is 4.42 Å². The molecular formula is C11H16N6O. The Morgan fingerprint density at radius 1 is 1.50 bits per heavy atom. The van der Waals surface area contributed by atoms with Crippen LogP contribution in [-0.4, -0.2) is 25.0 Å².